The van der Waals surface area contributed by atoms with Crippen molar-refractivity contribution < 1.29 is 19.1 Å². The number of furan rings is 1. The lowest BCUT2D eigenvalue weighted by Gasteiger charge is -2.24. The first-order chi connectivity index (χ1) is 11.3. The molecule has 0 saturated carbocycles. The topological polar surface area (TPSA) is 59.7 Å². The molecule has 130 valence electrons. The number of rotatable bonds is 2. The average Bonchev–Trinajstić information content (AvgIpc) is 3.01. The lowest BCUT2D eigenvalue weighted by Crippen LogP contribution is -2.23. The van der Waals surface area contributed by atoms with Gasteiger partial charge in [-0.05, 0) is 50.3 Å². The standard InChI is InChI=1S/C20H26O4/c1-10(2)14-7-6-13-9-16(24-20(13)22)17(11(3)4)15-8-12(5)19(23-15)18(14)21/h8-9,11,14,16-18,21H,1,6-7H2,2-5H3/t14-,16+,17-,18-/m0/s1. The molecule has 2 aliphatic heterocycles. The summed E-state index contributed by atoms with van der Waals surface area (Å²) in [5, 5.41) is 10.9. The smallest absolute Gasteiger partial charge is 0.334 e. The Hall–Kier alpha value is -1.81. The van der Waals surface area contributed by atoms with E-state index in [1.165, 1.54) is 0 Å². The second-order valence-electron chi connectivity index (χ2n) is 7.46. The Morgan fingerprint density at radius 3 is 2.75 bits per heavy atom. The number of fused-ring (bicyclic) bond motifs is 3. The Morgan fingerprint density at radius 2 is 2.12 bits per heavy atom. The normalized spacial score (nSPS) is 29.9. The van der Waals surface area contributed by atoms with Crippen LogP contribution in [0.15, 0.2) is 34.3 Å². The molecule has 24 heavy (non-hydrogen) atoms. The summed E-state index contributed by atoms with van der Waals surface area (Å²) in [5.74, 6) is 1.18. The first-order valence-electron chi connectivity index (χ1n) is 8.65. The third-order valence-electron chi connectivity index (χ3n) is 5.25. The van der Waals surface area contributed by atoms with Crippen molar-refractivity contribution in [3.63, 3.8) is 0 Å². The highest BCUT2D eigenvalue weighted by Crippen LogP contribution is 2.42. The van der Waals surface area contributed by atoms with Crippen molar-refractivity contribution in [3.8, 4) is 0 Å². The summed E-state index contributed by atoms with van der Waals surface area (Å²) in [6, 6.07) is 1.97. The van der Waals surface area contributed by atoms with Crippen LogP contribution < -0.4 is 0 Å². The zero-order chi connectivity index (χ0) is 17.6. The summed E-state index contributed by atoms with van der Waals surface area (Å²) < 4.78 is 11.7. The van der Waals surface area contributed by atoms with Gasteiger partial charge < -0.3 is 14.3 Å². The van der Waals surface area contributed by atoms with Crippen molar-refractivity contribution in [1.29, 1.82) is 0 Å². The number of aryl methyl sites for hydroxylation is 1. The van der Waals surface area contributed by atoms with E-state index in [1.807, 2.05) is 26.0 Å². The van der Waals surface area contributed by atoms with Gasteiger partial charge in [0.25, 0.3) is 0 Å². The highest BCUT2D eigenvalue weighted by atomic mass is 16.5. The van der Waals surface area contributed by atoms with E-state index >= 15 is 0 Å². The minimum atomic E-state index is -0.739. The van der Waals surface area contributed by atoms with Gasteiger partial charge in [0.1, 0.15) is 23.7 Å². The molecule has 4 nitrogen and oxygen atoms in total. The Kier molecular flexibility index (Phi) is 4.43. The Bertz CT molecular complexity index is 694. The van der Waals surface area contributed by atoms with Crippen molar-refractivity contribution in [2.45, 2.75) is 58.7 Å². The van der Waals surface area contributed by atoms with Crippen LogP contribution in [0.5, 0.6) is 0 Å². The van der Waals surface area contributed by atoms with Crippen LogP contribution in [0.1, 0.15) is 62.7 Å². The molecule has 1 aromatic rings. The maximum absolute atomic E-state index is 12.2. The van der Waals surface area contributed by atoms with Crippen molar-refractivity contribution in [2.75, 3.05) is 0 Å². The fourth-order valence-corrected chi connectivity index (χ4v) is 3.88. The molecule has 0 fully saturated rings. The van der Waals surface area contributed by atoms with Crippen LogP contribution in [0.3, 0.4) is 0 Å². The van der Waals surface area contributed by atoms with E-state index in [4.69, 9.17) is 9.15 Å². The van der Waals surface area contributed by atoms with Crippen LogP contribution in [0.2, 0.25) is 0 Å². The molecule has 2 aliphatic rings. The summed E-state index contributed by atoms with van der Waals surface area (Å²) in [7, 11) is 0. The summed E-state index contributed by atoms with van der Waals surface area (Å²) >= 11 is 0. The number of hydrogen-bond acceptors (Lipinski definition) is 4. The Labute approximate surface area is 143 Å². The summed E-state index contributed by atoms with van der Waals surface area (Å²) in [5.41, 5.74) is 2.53. The number of aliphatic hydroxyl groups is 1. The first kappa shape index (κ1) is 17.0. The minimum absolute atomic E-state index is 0.0486. The number of carbonyl (C=O) groups is 1. The molecule has 0 aromatic carbocycles. The lowest BCUT2D eigenvalue weighted by atomic mass is 9.85. The van der Waals surface area contributed by atoms with Crippen LogP contribution in [0, 0.1) is 18.8 Å². The van der Waals surface area contributed by atoms with E-state index in [1.54, 1.807) is 0 Å². The van der Waals surface area contributed by atoms with Crippen LogP contribution in [0.25, 0.3) is 0 Å². The van der Waals surface area contributed by atoms with Gasteiger partial charge in [-0.25, -0.2) is 4.79 Å². The van der Waals surface area contributed by atoms with E-state index < -0.39 is 6.10 Å². The quantitative estimate of drug-likeness (QED) is 0.652. The molecule has 4 heteroatoms. The number of ether oxygens (including phenoxy) is 1. The molecule has 4 atom stereocenters. The van der Waals surface area contributed by atoms with Crippen molar-refractivity contribution >= 4 is 5.97 Å². The molecule has 1 N–H and O–H groups in total. The zero-order valence-corrected chi connectivity index (χ0v) is 14.8. The molecule has 0 aliphatic carbocycles. The van der Waals surface area contributed by atoms with Gasteiger partial charge in [0, 0.05) is 11.5 Å². The average molecular weight is 330 g/mol. The summed E-state index contributed by atoms with van der Waals surface area (Å²) in [6.45, 7) is 12.1. The van der Waals surface area contributed by atoms with Gasteiger partial charge in [-0.1, -0.05) is 26.0 Å². The third kappa shape index (κ3) is 2.84. The van der Waals surface area contributed by atoms with Crippen LogP contribution in [0.4, 0.5) is 0 Å². The zero-order valence-electron chi connectivity index (χ0n) is 14.8. The van der Waals surface area contributed by atoms with Crippen molar-refractivity contribution in [2.24, 2.45) is 11.8 Å². The highest BCUT2D eigenvalue weighted by Gasteiger charge is 2.38. The van der Waals surface area contributed by atoms with Gasteiger partial charge in [0.05, 0.1) is 5.92 Å². The first-order valence-corrected chi connectivity index (χ1v) is 8.65. The van der Waals surface area contributed by atoms with Crippen LogP contribution in [-0.2, 0) is 9.53 Å². The molecule has 0 saturated heterocycles. The van der Waals surface area contributed by atoms with Gasteiger partial charge in [-0.3, -0.25) is 0 Å². The highest BCUT2D eigenvalue weighted by molar-refractivity contribution is 5.91. The molecule has 0 radical (unpaired) electrons. The van der Waals surface area contributed by atoms with E-state index in [2.05, 4.69) is 20.4 Å². The molecule has 0 amide bonds. The summed E-state index contributed by atoms with van der Waals surface area (Å²) in [4.78, 5) is 12.2. The van der Waals surface area contributed by atoms with Gasteiger partial charge in [0.2, 0.25) is 0 Å². The predicted octanol–water partition coefficient (Wildman–Crippen LogP) is 4.20. The van der Waals surface area contributed by atoms with Crippen LogP contribution >= 0.6 is 0 Å². The third-order valence-corrected chi connectivity index (χ3v) is 5.25. The van der Waals surface area contributed by atoms with Gasteiger partial charge in [-0.15, -0.1) is 0 Å². The second-order valence-corrected chi connectivity index (χ2v) is 7.46. The molecule has 1 aromatic heterocycles. The number of aliphatic hydroxyl groups excluding tert-OH is 1. The van der Waals surface area contributed by atoms with E-state index in [0.29, 0.717) is 24.2 Å². The van der Waals surface area contributed by atoms with E-state index in [9.17, 15) is 9.90 Å². The SMILES string of the molecule is C=C(C)[C@@H]1CCC2=C[C@@H](OC2=O)[C@@H](C(C)C)c2cc(C)c(o2)[C@H]1O. The molecular formula is C20H26O4. The van der Waals surface area contributed by atoms with Crippen LogP contribution in [-0.4, -0.2) is 17.2 Å². The predicted molar refractivity (Wildman–Crippen MR) is 91.5 cm³/mol. The molecule has 0 unspecified atom stereocenters. The number of carbonyl (C=O) groups excluding carboxylic acids is 1. The molecule has 3 heterocycles. The monoisotopic (exact) mass is 330 g/mol. The summed E-state index contributed by atoms with van der Waals surface area (Å²) in [6.07, 6.45) is 2.13. The Morgan fingerprint density at radius 1 is 1.42 bits per heavy atom. The van der Waals surface area contributed by atoms with Gasteiger partial charge >= 0.3 is 5.97 Å². The fourth-order valence-electron chi connectivity index (χ4n) is 3.88. The Balaban J connectivity index is 2.12. The van der Waals surface area contributed by atoms with E-state index in [0.717, 1.165) is 16.9 Å². The maximum Gasteiger partial charge on any atom is 0.334 e. The number of esters is 1. The van der Waals surface area contributed by atoms with Gasteiger partial charge in [0.15, 0.2) is 0 Å². The lowest BCUT2D eigenvalue weighted by molar-refractivity contribution is -0.141. The number of hydrogen-bond donors (Lipinski definition) is 1. The molecule has 3 rings (SSSR count). The molecule has 4 bridgehead atoms. The molecular weight excluding hydrogens is 304 g/mol. The fraction of sp³-hybridized carbons (Fsp3) is 0.550. The molecule has 0 spiro atoms. The van der Waals surface area contributed by atoms with E-state index in [-0.39, 0.29) is 29.8 Å². The second kappa shape index (κ2) is 6.25. The van der Waals surface area contributed by atoms with Gasteiger partial charge in [-0.2, -0.15) is 0 Å². The minimum Gasteiger partial charge on any atom is -0.463 e. The largest absolute Gasteiger partial charge is 0.463 e. The van der Waals surface area contributed by atoms with Crippen molar-refractivity contribution in [1.82, 2.24) is 0 Å². The van der Waals surface area contributed by atoms with Crippen molar-refractivity contribution in [3.05, 3.63) is 47.0 Å². The maximum atomic E-state index is 12.2.